The summed E-state index contributed by atoms with van der Waals surface area (Å²) in [4.78, 5) is 0. The molecule has 0 unspecified atom stereocenters. The fraction of sp³-hybridized carbons (Fsp3) is 1.00. The Morgan fingerprint density at radius 3 is 0.750 bits per heavy atom. The molecular weight excluding hydrogens is 192 g/mol. The zero-order chi connectivity index (χ0) is 9.66. The minimum atomic E-state index is 0. The predicted molar refractivity (Wildman–Crippen MR) is 86.6 cm³/mol. The van der Waals surface area contributed by atoms with Crippen molar-refractivity contribution in [2.75, 3.05) is 0 Å². The maximum Gasteiger partial charge on any atom is -0.0533 e. The van der Waals surface area contributed by atoms with Gasteiger partial charge in [-0.05, 0) is 0 Å². The van der Waals surface area contributed by atoms with Gasteiger partial charge in [-0.1, -0.05) is 109 Å². The first-order valence-corrected chi connectivity index (χ1v) is 5.83. The molecule has 108 valence electrons. The third-order valence-electron chi connectivity index (χ3n) is 1.91. The lowest BCUT2D eigenvalue weighted by Gasteiger charge is -1.90. The molecule has 0 aliphatic heterocycles. The van der Waals surface area contributed by atoms with Gasteiger partial charge in [0.25, 0.3) is 0 Å². The molecule has 0 saturated heterocycles. The highest BCUT2D eigenvalue weighted by atomic mass is 13.9. The topological polar surface area (TPSA) is 0 Å². The van der Waals surface area contributed by atoms with Crippen LogP contribution in [0.1, 0.15) is 109 Å². The molecule has 0 heteroatoms. The number of hydrogen-bond acceptors (Lipinski definition) is 0. The van der Waals surface area contributed by atoms with Crippen LogP contribution in [0, 0.1) is 0 Å². The van der Waals surface area contributed by atoms with E-state index in [1.165, 1.54) is 51.4 Å². The Balaban J connectivity index is -0.0000000258. The van der Waals surface area contributed by atoms with E-state index < -0.39 is 0 Å². The highest BCUT2D eigenvalue weighted by Gasteiger charge is 1.80. The van der Waals surface area contributed by atoms with E-state index in [2.05, 4.69) is 27.7 Å². The summed E-state index contributed by atoms with van der Waals surface area (Å²) in [6, 6.07) is 0. The van der Waals surface area contributed by atoms with Gasteiger partial charge in [0.05, 0.1) is 0 Å². The average molecular weight is 237 g/mol. The first-order chi connectivity index (χ1) is 5.83. The van der Waals surface area contributed by atoms with Gasteiger partial charge < -0.3 is 0 Å². The van der Waals surface area contributed by atoms with Crippen LogP contribution in [0.5, 0.6) is 0 Å². The average Bonchev–Trinajstić information content (AvgIpc) is 2.08. The van der Waals surface area contributed by atoms with Crippen molar-refractivity contribution in [2.45, 2.75) is 109 Å². The third kappa shape index (κ3) is 65.7. The summed E-state index contributed by atoms with van der Waals surface area (Å²) in [6.45, 7) is 8.91. The minimum Gasteiger partial charge on any atom is -0.0776 e. The Hall–Kier alpha value is 0. The molecule has 0 bridgehead atoms. The first kappa shape index (κ1) is 36.0. The standard InChI is InChI=1S/C7H16.C5H12.4CH4/c1-3-5-7-6-4-2;1-3-5-4-2;;;;/h3-7H2,1-2H3;3-5H2,1-2H3;4*1H4. The van der Waals surface area contributed by atoms with Gasteiger partial charge in [0.15, 0.2) is 0 Å². The summed E-state index contributed by atoms with van der Waals surface area (Å²) in [5.74, 6) is 0. The normalized spacial score (nSPS) is 6.75. The lowest BCUT2D eigenvalue weighted by molar-refractivity contribution is 0.656. The lowest BCUT2D eigenvalue weighted by Crippen LogP contribution is -1.70. The van der Waals surface area contributed by atoms with Crippen molar-refractivity contribution in [3.05, 3.63) is 0 Å². The summed E-state index contributed by atoms with van der Waals surface area (Å²) >= 11 is 0. The number of hydrogen-bond donors (Lipinski definition) is 0. The van der Waals surface area contributed by atoms with Crippen molar-refractivity contribution in [3.8, 4) is 0 Å². The fourth-order valence-electron chi connectivity index (χ4n) is 1.03. The molecule has 0 N–H and O–H groups in total. The van der Waals surface area contributed by atoms with E-state index in [1.54, 1.807) is 0 Å². The Kier molecular flexibility index (Phi) is 103. The molecule has 0 aromatic rings. The summed E-state index contributed by atoms with van der Waals surface area (Å²) in [7, 11) is 0. The van der Waals surface area contributed by atoms with Gasteiger partial charge in [0, 0.05) is 0 Å². The summed E-state index contributed by atoms with van der Waals surface area (Å²) < 4.78 is 0. The smallest absolute Gasteiger partial charge is 0.0533 e. The molecule has 0 amide bonds. The van der Waals surface area contributed by atoms with Gasteiger partial charge in [-0.25, -0.2) is 0 Å². The van der Waals surface area contributed by atoms with Gasteiger partial charge in [0.1, 0.15) is 0 Å². The quantitative estimate of drug-likeness (QED) is 0.414. The molecule has 16 heavy (non-hydrogen) atoms. The van der Waals surface area contributed by atoms with Crippen LogP contribution in [-0.2, 0) is 0 Å². The van der Waals surface area contributed by atoms with Crippen LogP contribution < -0.4 is 0 Å². The summed E-state index contributed by atoms with van der Waals surface area (Å²) in [5, 5.41) is 0. The van der Waals surface area contributed by atoms with Crippen LogP contribution in [-0.4, -0.2) is 0 Å². The molecule has 0 aromatic heterocycles. The fourth-order valence-corrected chi connectivity index (χ4v) is 1.03. The molecule has 0 heterocycles. The predicted octanol–water partition coefficient (Wildman–Crippen LogP) is 7.72. The van der Waals surface area contributed by atoms with Gasteiger partial charge in [0.2, 0.25) is 0 Å². The van der Waals surface area contributed by atoms with Gasteiger partial charge in [-0.2, -0.15) is 0 Å². The molecule has 0 fully saturated rings. The zero-order valence-electron chi connectivity index (χ0n) is 9.66. The maximum atomic E-state index is 2.25. The molecule has 0 aliphatic carbocycles. The molecule has 0 aliphatic rings. The summed E-state index contributed by atoms with van der Waals surface area (Å²) in [6.07, 6.45) is 11.1. The van der Waals surface area contributed by atoms with Crippen molar-refractivity contribution in [2.24, 2.45) is 0 Å². The molecular formula is C16H44. The van der Waals surface area contributed by atoms with Crippen molar-refractivity contribution < 1.29 is 0 Å². The second-order valence-electron chi connectivity index (χ2n) is 3.41. The van der Waals surface area contributed by atoms with Crippen LogP contribution in [0.3, 0.4) is 0 Å². The first-order valence-electron chi connectivity index (χ1n) is 5.83. The molecule has 0 radical (unpaired) electrons. The van der Waals surface area contributed by atoms with E-state index in [0.717, 1.165) is 0 Å². The summed E-state index contributed by atoms with van der Waals surface area (Å²) in [5.41, 5.74) is 0. The van der Waals surface area contributed by atoms with Crippen LogP contribution >= 0.6 is 0 Å². The Morgan fingerprint density at radius 2 is 0.625 bits per heavy atom. The van der Waals surface area contributed by atoms with E-state index in [4.69, 9.17) is 0 Å². The van der Waals surface area contributed by atoms with Crippen LogP contribution in [0.25, 0.3) is 0 Å². The molecule has 0 spiro atoms. The van der Waals surface area contributed by atoms with Crippen molar-refractivity contribution >= 4 is 0 Å². The van der Waals surface area contributed by atoms with E-state index in [0.29, 0.717) is 0 Å². The van der Waals surface area contributed by atoms with Gasteiger partial charge >= 0.3 is 0 Å². The maximum absolute atomic E-state index is 2.25. The van der Waals surface area contributed by atoms with E-state index in [1.807, 2.05) is 0 Å². The Bertz CT molecular complexity index is 42.0. The molecule has 0 rings (SSSR count). The van der Waals surface area contributed by atoms with E-state index >= 15 is 0 Å². The van der Waals surface area contributed by atoms with Gasteiger partial charge in [-0.15, -0.1) is 0 Å². The van der Waals surface area contributed by atoms with Crippen LogP contribution in [0.15, 0.2) is 0 Å². The highest BCUT2D eigenvalue weighted by Crippen LogP contribution is 2.00. The Labute approximate surface area is 109 Å². The second kappa shape index (κ2) is 45.9. The monoisotopic (exact) mass is 236 g/mol. The molecule has 0 aromatic carbocycles. The molecule has 0 atom stereocenters. The molecule has 0 nitrogen and oxygen atoms in total. The van der Waals surface area contributed by atoms with Crippen LogP contribution in [0.4, 0.5) is 0 Å². The van der Waals surface area contributed by atoms with Crippen molar-refractivity contribution in [1.29, 1.82) is 0 Å². The second-order valence-corrected chi connectivity index (χ2v) is 3.41. The van der Waals surface area contributed by atoms with E-state index in [9.17, 15) is 0 Å². The largest absolute Gasteiger partial charge is 0.0776 e. The van der Waals surface area contributed by atoms with Gasteiger partial charge in [-0.3, -0.25) is 0 Å². The number of rotatable bonds is 6. The third-order valence-corrected chi connectivity index (χ3v) is 1.91. The Morgan fingerprint density at radius 1 is 0.375 bits per heavy atom. The lowest BCUT2D eigenvalue weighted by atomic mass is 10.2. The SMILES string of the molecule is C.C.C.C.CCCCC.CCCCCCC. The number of unbranched alkanes of at least 4 members (excludes halogenated alkanes) is 6. The van der Waals surface area contributed by atoms with E-state index in [-0.39, 0.29) is 29.7 Å². The highest BCUT2D eigenvalue weighted by molar-refractivity contribution is 4.35. The minimum absolute atomic E-state index is 0. The van der Waals surface area contributed by atoms with Crippen LogP contribution in [0.2, 0.25) is 0 Å². The van der Waals surface area contributed by atoms with Crippen molar-refractivity contribution in [3.63, 3.8) is 0 Å². The molecule has 0 saturated carbocycles. The van der Waals surface area contributed by atoms with Crippen molar-refractivity contribution in [1.82, 2.24) is 0 Å². The zero-order valence-corrected chi connectivity index (χ0v) is 9.66.